The zero-order valence-corrected chi connectivity index (χ0v) is 12.5. The normalized spacial score (nSPS) is 17.9. The van der Waals surface area contributed by atoms with Gasteiger partial charge in [0, 0.05) is 46.4 Å². The van der Waals surface area contributed by atoms with Crippen molar-refractivity contribution in [2.24, 2.45) is 0 Å². The van der Waals surface area contributed by atoms with Crippen molar-refractivity contribution in [2.75, 3.05) is 53.0 Å². The van der Waals surface area contributed by atoms with Crippen molar-refractivity contribution in [3.8, 4) is 0 Å². The second-order valence-corrected chi connectivity index (χ2v) is 4.89. The quantitative estimate of drug-likeness (QED) is 0.753. The second kappa shape index (κ2) is 8.06. The molecule has 1 saturated heterocycles. The van der Waals surface area contributed by atoms with Crippen LogP contribution in [0.5, 0.6) is 0 Å². The third-order valence-corrected chi connectivity index (χ3v) is 3.71. The number of hydrogen-bond acceptors (Lipinski definition) is 4. The van der Waals surface area contributed by atoms with E-state index in [9.17, 15) is 9.59 Å². The van der Waals surface area contributed by atoms with E-state index in [0.29, 0.717) is 45.9 Å². The molecule has 0 saturated carbocycles. The summed E-state index contributed by atoms with van der Waals surface area (Å²) in [6.07, 6.45) is 0. The lowest BCUT2D eigenvalue weighted by molar-refractivity contribution is -0.143. The number of methoxy groups -OCH3 is 1. The Morgan fingerprint density at radius 1 is 1.30 bits per heavy atom. The molecular weight excluding hydrogens is 262 g/mol. The van der Waals surface area contributed by atoms with Crippen LogP contribution >= 0.6 is 0 Å². The molecule has 1 atom stereocenters. The minimum atomic E-state index is -0.819. The first-order chi connectivity index (χ1) is 9.51. The van der Waals surface area contributed by atoms with Gasteiger partial charge in [-0.05, 0) is 13.8 Å². The molecule has 0 bridgehead atoms. The summed E-state index contributed by atoms with van der Waals surface area (Å²) in [6, 6.07) is -0.491. The van der Waals surface area contributed by atoms with E-state index in [1.165, 1.54) is 0 Å². The molecule has 1 aliphatic heterocycles. The summed E-state index contributed by atoms with van der Waals surface area (Å²) in [5, 5.41) is 8.99. The third-order valence-electron chi connectivity index (χ3n) is 3.71. The van der Waals surface area contributed by atoms with E-state index >= 15 is 0 Å². The van der Waals surface area contributed by atoms with Gasteiger partial charge in [-0.25, -0.2) is 4.79 Å². The Morgan fingerprint density at radius 3 is 2.35 bits per heavy atom. The van der Waals surface area contributed by atoms with Crippen LogP contribution in [0.2, 0.25) is 0 Å². The standard InChI is InChI=1S/C13H25N3O4/c1-4-14(9-10-20-3)13(19)16-7-5-15(6-8-16)11(2)12(17)18/h11H,4-10H2,1-3H3,(H,17,18). The zero-order valence-electron chi connectivity index (χ0n) is 12.5. The molecule has 1 fully saturated rings. The van der Waals surface area contributed by atoms with Gasteiger partial charge in [-0.3, -0.25) is 9.69 Å². The Labute approximate surface area is 120 Å². The Hall–Kier alpha value is -1.34. The fourth-order valence-corrected chi connectivity index (χ4v) is 2.25. The Morgan fingerprint density at radius 2 is 1.90 bits per heavy atom. The third kappa shape index (κ3) is 4.35. The van der Waals surface area contributed by atoms with Gasteiger partial charge in [-0.2, -0.15) is 0 Å². The van der Waals surface area contributed by atoms with Crippen LogP contribution in [0, 0.1) is 0 Å². The molecule has 7 nitrogen and oxygen atoms in total. The maximum atomic E-state index is 12.3. The number of urea groups is 1. The average molecular weight is 287 g/mol. The van der Waals surface area contributed by atoms with Crippen LogP contribution < -0.4 is 0 Å². The number of rotatable bonds is 6. The lowest BCUT2D eigenvalue weighted by atomic mass is 10.2. The van der Waals surface area contributed by atoms with Gasteiger partial charge < -0.3 is 19.6 Å². The fourth-order valence-electron chi connectivity index (χ4n) is 2.25. The number of likely N-dealkylation sites (N-methyl/N-ethyl adjacent to an activating group) is 1. The number of nitrogens with zero attached hydrogens (tertiary/aromatic N) is 3. The predicted molar refractivity (Wildman–Crippen MR) is 74.8 cm³/mol. The SMILES string of the molecule is CCN(CCOC)C(=O)N1CCN(C(C)C(=O)O)CC1. The van der Waals surface area contributed by atoms with Gasteiger partial charge in [0.15, 0.2) is 0 Å². The van der Waals surface area contributed by atoms with E-state index in [2.05, 4.69) is 0 Å². The van der Waals surface area contributed by atoms with E-state index in [4.69, 9.17) is 9.84 Å². The van der Waals surface area contributed by atoms with Crippen LogP contribution in [0.1, 0.15) is 13.8 Å². The molecule has 0 aromatic rings. The largest absolute Gasteiger partial charge is 0.480 e. The van der Waals surface area contributed by atoms with E-state index in [1.54, 1.807) is 23.8 Å². The highest BCUT2D eigenvalue weighted by Crippen LogP contribution is 2.09. The predicted octanol–water partition coefficient (Wildman–Crippen LogP) is 0.165. The topological polar surface area (TPSA) is 73.3 Å². The summed E-state index contributed by atoms with van der Waals surface area (Å²) < 4.78 is 5.00. The van der Waals surface area contributed by atoms with E-state index in [-0.39, 0.29) is 6.03 Å². The van der Waals surface area contributed by atoms with E-state index in [0.717, 1.165) is 0 Å². The number of aliphatic carboxylic acids is 1. The molecule has 0 aromatic carbocycles. The molecule has 0 radical (unpaired) electrons. The number of amides is 2. The summed E-state index contributed by atoms with van der Waals surface area (Å²) in [7, 11) is 1.62. The van der Waals surface area contributed by atoms with Crippen LogP contribution in [0.15, 0.2) is 0 Å². The summed E-state index contributed by atoms with van der Waals surface area (Å²) in [6.45, 7) is 7.70. The summed E-state index contributed by atoms with van der Waals surface area (Å²) in [5.41, 5.74) is 0. The van der Waals surface area contributed by atoms with Gasteiger partial charge in [0.1, 0.15) is 6.04 Å². The number of carboxylic acids is 1. The zero-order chi connectivity index (χ0) is 15.1. The molecule has 2 amide bonds. The molecule has 1 N–H and O–H groups in total. The summed E-state index contributed by atoms with van der Waals surface area (Å²) in [5.74, 6) is -0.819. The molecule has 1 aliphatic rings. The number of ether oxygens (including phenoxy) is 1. The molecule has 7 heteroatoms. The maximum Gasteiger partial charge on any atom is 0.320 e. The highest BCUT2D eigenvalue weighted by molar-refractivity contribution is 5.75. The number of piperazine rings is 1. The second-order valence-electron chi connectivity index (χ2n) is 4.89. The number of carboxylic acid groups (broad SMARTS) is 1. The maximum absolute atomic E-state index is 12.3. The first-order valence-electron chi connectivity index (χ1n) is 7.00. The molecular formula is C13H25N3O4. The molecule has 0 aliphatic carbocycles. The van der Waals surface area contributed by atoms with Crippen molar-refractivity contribution < 1.29 is 19.4 Å². The van der Waals surface area contributed by atoms with Crippen LogP contribution in [-0.4, -0.2) is 90.8 Å². The van der Waals surface area contributed by atoms with E-state index in [1.807, 2.05) is 11.8 Å². The number of hydrogen-bond donors (Lipinski definition) is 1. The monoisotopic (exact) mass is 287 g/mol. The van der Waals surface area contributed by atoms with Gasteiger partial charge in [-0.15, -0.1) is 0 Å². The van der Waals surface area contributed by atoms with Crippen LogP contribution in [0.25, 0.3) is 0 Å². The molecule has 20 heavy (non-hydrogen) atoms. The average Bonchev–Trinajstić information content (AvgIpc) is 2.47. The Kier molecular flexibility index (Phi) is 6.74. The molecule has 0 spiro atoms. The van der Waals surface area contributed by atoms with Crippen molar-refractivity contribution in [3.63, 3.8) is 0 Å². The molecule has 1 unspecified atom stereocenters. The number of carbonyl (C=O) groups is 2. The smallest absolute Gasteiger partial charge is 0.320 e. The van der Waals surface area contributed by atoms with Gasteiger partial charge in [0.25, 0.3) is 0 Å². The lowest BCUT2D eigenvalue weighted by Gasteiger charge is -2.38. The van der Waals surface area contributed by atoms with Crippen LogP contribution in [-0.2, 0) is 9.53 Å². The van der Waals surface area contributed by atoms with Crippen molar-refractivity contribution in [1.29, 1.82) is 0 Å². The Balaban J connectivity index is 2.47. The first kappa shape index (κ1) is 16.7. The van der Waals surface area contributed by atoms with E-state index < -0.39 is 12.0 Å². The minimum absolute atomic E-state index is 0.00665. The van der Waals surface area contributed by atoms with Gasteiger partial charge in [-0.1, -0.05) is 0 Å². The van der Waals surface area contributed by atoms with Gasteiger partial charge in [0.05, 0.1) is 6.61 Å². The first-order valence-corrected chi connectivity index (χ1v) is 7.00. The van der Waals surface area contributed by atoms with Crippen LogP contribution in [0.4, 0.5) is 4.79 Å². The van der Waals surface area contributed by atoms with Crippen molar-refractivity contribution in [3.05, 3.63) is 0 Å². The number of carbonyl (C=O) groups excluding carboxylic acids is 1. The molecule has 116 valence electrons. The molecule has 1 heterocycles. The summed E-state index contributed by atoms with van der Waals surface area (Å²) in [4.78, 5) is 28.7. The Bertz CT molecular complexity index is 330. The van der Waals surface area contributed by atoms with Crippen LogP contribution in [0.3, 0.4) is 0 Å². The van der Waals surface area contributed by atoms with Gasteiger partial charge in [0.2, 0.25) is 0 Å². The summed E-state index contributed by atoms with van der Waals surface area (Å²) >= 11 is 0. The van der Waals surface area contributed by atoms with Gasteiger partial charge >= 0.3 is 12.0 Å². The lowest BCUT2D eigenvalue weighted by Crippen LogP contribution is -2.56. The van der Waals surface area contributed by atoms with Crippen molar-refractivity contribution in [1.82, 2.24) is 14.7 Å². The van der Waals surface area contributed by atoms with Crippen molar-refractivity contribution in [2.45, 2.75) is 19.9 Å². The molecule has 1 rings (SSSR count). The highest BCUT2D eigenvalue weighted by atomic mass is 16.5. The minimum Gasteiger partial charge on any atom is -0.480 e. The van der Waals surface area contributed by atoms with Crippen molar-refractivity contribution >= 4 is 12.0 Å². The molecule has 0 aromatic heterocycles. The fraction of sp³-hybridized carbons (Fsp3) is 0.846. The highest BCUT2D eigenvalue weighted by Gasteiger charge is 2.28.